The van der Waals surface area contributed by atoms with Crippen LogP contribution in [0.2, 0.25) is 0 Å². The Bertz CT molecular complexity index is 419. The molecule has 0 amide bonds. The van der Waals surface area contributed by atoms with Crippen molar-refractivity contribution >= 4 is 5.97 Å². The lowest BCUT2D eigenvalue weighted by Gasteiger charge is -2.14. The van der Waals surface area contributed by atoms with E-state index in [1.165, 1.54) is 20.3 Å². The highest BCUT2D eigenvalue weighted by Gasteiger charge is 2.22. The zero-order valence-corrected chi connectivity index (χ0v) is 9.44. The van der Waals surface area contributed by atoms with Crippen molar-refractivity contribution in [1.82, 2.24) is 0 Å². The van der Waals surface area contributed by atoms with E-state index in [9.17, 15) is 14.3 Å². The van der Waals surface area contributed by atoms with Gasteiger partial charge in [0.25, 0.3) is 0 Å². The molecule has 0 fully saturated rings. The van der Waals surface area contributed by atoms with Crippen LogP contribution in [-0.4, -0.2) is 30.4 Å². The van der Waals surface area contributed by atoms with Gasteiger partial charge in [-0.25, -0.2) is 9.18 Å². The van der Waals surface area contributed by atoms with Gasteiger partial charge in [0.2, 0.25) is 0 Å². The lowest BCUT2D eigenvalue weighted by Crippen LogP contribution is -2.14. The number of carboxylic acid groups (broad SMARTS) is 1. The molecule has 0 saturated heterocycles. The van der Waals surface area contributed by atoms with Crippen LogP contribution in [0, 0.1) is 5.82 Å². The van der Waals surface area contributed by atoms with Gasteiger partial charge in [-0.2, -0.15) is 0 Å². The van der Waals surface area contributed by atoms with Crippen LogP contribution in [0.1, 0.15) is 17.2 Å². The van der Waals surface area contributed by atoms with Crippen LogP contribution >= 0.6 is 0 Å². The molecule has 17 heavy (non-hydrogen) atoms. The molecule has 0 bridgehead atoms. The molecule has 6 heteroatoms. The topological polar surface area (TPSA) is 76.0 Å². The van der Waals surface area contributed by atoms with E-state index in [1.54, 1.807) is 0 Å². The third-order valence-electron chi connectivity index (χ3n) is 2.24. The van der Waals surface area contributed by atoms with Crippen LogP contribution in [0.3, 0.4) is 0 Å². The summed E-state index contributed by atoms with van der Waals surface area (Å²) >= 11 is 0. The molecule has 0 aromatic heterocycles. The average Bonchev–Trinajstić information content (AvgIpc) is 2.30. The summed E-state index contributed by atoms with van der Waals surface area (Å²) in [7, 11) is 2.70. The summed E-state index contributed by atoms with van der Waals surface area (Å²) in [6.45, 7) is 0.0519. The number of hydrogen-bond acceptors (Lipinski definition) is 4. The SMILES string of the molecule is COCc1cc(OC)c(F)cc1C(O)C(=O)O. The highest BCUT2D eigenvalue weighted by atomic mass is 19.1. The van der Waals surface area contributed by atoms with Gasteiger partial charge in [-0.1, -0.05) is 0 Å². The molecule has 94 valence electrons. The van der Waals surface area contributed by atoms with E-state index in [0.29, 0.717) is 5.56 Å². The number of aliphatic hydroxyl groups excluding tert-OH is 1. The Hall–Kier alpha value is -1.66. The number of hydrogen-bond donors (Lipinski definition) is 2. The van der Waals surface area contributed by atoms with Crippen molar-refractivity contribution in [3.05, 3.63) is 29.1 Å². The third-order valence-corrected chi connectivity index (χ3v) is 2.24. The quantitative estimate of drug-likeness (QED) is 0.811. The average molecular weight is 244 g/mol. The Morgan fingerprint density at radius 3 is 2.59 bits per heavy atom. The van der Waals surface area contributed by atoms with E-state index in [1.807, 2.05) is 0 Å². The second-order valence-corrected chi connectivity index (χ2v) is 3.36. The summed E-state index contributed by atoms with van der Waals surface area (Å²) in [6, 6.07) is 2.24. The lowest BCUT2D eigenvalue weighted by molar-refractivity contribution is -0.147. The van der Waals surface area contributed by atoms with E-state index in [0.717, 1.165) is 6.07 Å². The van der Waals surface area contributed by atoms with Gasteiger partial charge >= 0.3 is 5.97 Å². The predicted molar refractivity (Wildman–Crippen MR) is 56.3 cm³/mol. The van der Waals surface area contributed by atoms with E-state index in [4.69, 9.17) is 14.6 Å². The second kappa shape index (κ2) is 5.60. The molecule has 5 nitrogen and oxygen atoms in total. The molecule has 0 aliphatic rings. The molecule has 1 unspecified atom stereocenters. The highest BCUT2D eigenvalue weighted by Crippen LogP contribution is 2.27. The smallest absolute Gasteiger partial charge is 0.337 e. The first-order valence-corrected chi connectivity index (χ1v) is 4.77. The largest absolute Gasteiger partial charge is 0.494 e. The van der Waals surface area contributed by atoms with Crippen LogP contribution in [-0.2, 0) is 16.1 Å². The Balaban J connectivity index is 3.26. The summed E-state index contributed by atoms with van der Waals surface area (Å²) in [4.78, 5) is 10.7. The van der Waals surface area contributed by atoms with Crippen molar-refractivity contribution in [3.63, 3.8) is 0 Å². The summed E-state index contributed by atoms with van der Waals surface area (Å²) in [5, 5.41) is 18.1. The number of benzene rings is 1. The van der Waals surface area contributed by atoms with Gasteiger partial charge in [-0.3, -0.25) is 0 Å². The fourth-order valence-corrected chi connectivity index (χ4v) is 1.44. The van der Waals surface area contributed by atoms with Gasteiger partial charge in [-0.15, -0.1) is 0 Å². The van der Waals surface area contributed by atoms with Gasteiger partial charge in [0.15, 0.2) is 17.7 Å². The maximum atomic E-state index is 13.4. The number of carboxylic acids is 1. The number of ether oxygens (including phenoxy) is 2. The molecule has 0 spiro atoms. The summed E-state index contributed by atoms with van der Waals surface area (Å²) in [6.07, 6.45) is -1.79. The minimum Gasteiger partial charge on any atom is -0.494 e. The fourth-order valence-electron chi connectivity index (χ4n) is 1.44. The first-order valence-electron chi connectivity index (χ1n) is 4.77. The summed E-state index contributed by atoms with van der Waals surface area (Å²) < 4.78 is 23.0. The van der Waals surface area contributed by atoms with E-state index < -0.39 is 17.9 Å². The predicted octanol–water partition coefficient (Wildman–Crippen LogP) is 1.10. The zero-order chi connectivity index (χ0) is 13.0. The Morgan fingerprint density at radius 1 is 1.47 bits per heavy atom. The second-order valence-electron chi connectivity index (χ2n) is 3.36. The Kier molecular flexibility index (Phi) is 4.42. The monoisotopic (exact) mass is 244 g/mol. The van der Waals surface area contributed by atoms with Gasteiger partial charge in [0.1, 0.15) is 0 Å². The lowest BCUT2D eigenvalue weighted by atomic mass is 10.0. The summed E-state index contributed by atoms with van der Waals surface area (Å²) in [5.74, 6) is -2.21. The van der Waals surface area contributed by atoms with E-state index in [2.05, 4.69) is 0 Å². The molecule has 1 aromatic carbocycles. The van der Waals surface area contributed by atoms with Crippen LogP contribution < -0.4 is 4.74 Å². The number of methoxy groups -OCH3 is 2. The number of carbonyl (C=O) groups is 1. The first-order chi connectivity index (χ1) is 8.01. The van der Waals surface area contributed by atoms with Gasteiger partial charge in [-0.05, 0) is 17.7 Å². The van der Waals surface area contributed by atoms with Crippen LogP contribution in [0.4, 0.5) is 4.39 Å². The zero-order valence-electron chi connectivity index (χ0n) is 9.44. The van der Waals surface area contributed by atoms with Crippen molar-refractivity contribution in [2.24, 2.45) is 0 Å². The van der Waals surface area contributed by atoms with Gasteiger partial charge in [0.05, 0.1) is 13.7 Å². The van der Waals surface area contributed by atoms with Gasteiger partial charge in [0, 0.05) is 12.7 Å². The molecule has 0 aliphatic carbocycles. The van der Waals surface area contributed by atoms with Crippen molar-refractivity contribution in [3.8, 4) is 5.75 Å². The number of aliphatic carboxylic acids is 1. The first kappa shape index (κ1) is 13.4. The van der Waals surface area contributed by atoms with Crippen molar-refractivity contribution in [2.45, 2.75) is 12.7 Å². The van der Waals surface area contributed by atoms with Crippen molar-refractivity contribution < 1.29 is 28.9 Å². The molecule has 0 heterocycles. The Labute approximate surface area is 97.4 Å². The van der Waals surface area contributed by atoms with Crippen LogP contribution in [0.5, 0.6) is 5.75 Å². The molecule has 1 aromatic rings. The number of aliphatic hydroxyl groups is 1. The Morgan fingerprint density at radius 2 is 2.12 bits per heavy atom. The highest BCUT2D eigenvalue weighted by molar-refractivity contribution is 5.74. The molecular weight excluding hydrogens is 231 g/mol. The summed E-state index contributed by atoms with van der Waals surface area (Å²) in [5.41, 5.74) is 0.318. The minimum absolute atomic E-state index is 0.0293. The molecule has 2 N–H and O–H groups in total. The third kappa shape index (κ3) is 2.92. The van der Waals surface area contributed by atoms with E-state index in [-0.39, 0.29) is 17.9 Å². The van der Waals surface area contributed by atoms with E-state index >= 15 is 0 Å². The molecule has 0 saturated carbocycles. The van der Waals surface area contributed by atoms with Crippen LogP contribution in [0.15, 0.2) is 12.1 Å². The molecule has 1 atom stereocenters. The standard InChI is InChI=1S/C11H13FO5/c1-16-5-6-3-9(17-2)8(12)4-7(6)10(13)11(14)15/h3-4,10,13H,5H2,1-2H3,(H,14,15). The van der Waals surface area contributed by atoms with Crippen molar-refractivity contribution in [2.75, 3.05) is 14.2 Å². The maximum absolute atomic E-state index is 13.4. The van der Waals surface area contributed by atoms with Gasteiger partial charge < -0.3 is 19.7 Å². The fraction of sp³-hybridized carbons (Fsp3) is 0.364. The van der Waals surface area contributed by atoms with Crippen LogP contribution in [0.25, 0.3) is 0 Å². The minimum atomic E-state index is -1.79. The molecular formula is C11H13FO5. The molecule has 0 aliphatic heterocycles. The molecule has 0 radical (unpaired) electrons. The normalized spacial score (nSPS) is 12.2. The maximum Gasteiger partial charge on any atom is 0.337 e. The number of halogens is 1. The van der Waals surface area contributed by atoms with Crippen molar-refractivity contribution in [1.29, 1.82) is 0 Å². The number of rotatable bonds is 5. The molecule has 1 rings (SSSR count).